The zero-order valence-corrected chi connectivity index (χ0v) is 13.5. The number of likely N-dealkylation sites (N-methyl/N-ethyl adjacent to an activating group) is 2. The molecule has 0 unspecified atom stereocenters. The fraction of sp³-hybridized carbons (Fsp3) is 0.400. The predicted octanol–water partition coefficient (Wildman–Crippen LogP) is 1.19. The van der Waals surface area contributed by atoms with Crippen LogP contribution in [0.3, 0.4) is 0 Å². The third-order valence-electron chi connectivity index (χ3n) is 2.64. The fourth-order valence-electron chi connectivity index (χ4n) is 1.58. The number of rotatable bonds is 6. The summed E-state index contributed by atoms with van der Waals surface area (Å²) >= 11 is 0. The number of nitrogens with one attached hydrogen (secondary N) is 1. The average Bonchev–Trinajstić information content (AvgIpc) is 2.46. The number of carbonyl (C=O) groups is 3. The zero-order chi connectivity index (χ0) is 17.4. The van der Waals surface area contributed by atoms with Gasteiger partial charge in [-0.15, -0.1) is 0 Å². The summed E-state index contributed by atoms with van der Waals surface area (Å²) in [6.45, 7) is 3.53. The maximum Gasteiger partial charge on any atom is 0.415 e. The highest BCUT2D eigenvalue weighted by atomic mass is 16.6. The first kappa shape index (κ1) is 18.4. The van der Waals surface area contributed by atoms with Crippen LogP contribution in [0.25, 0.3) is 0 Å². The molecule has 0 aliphatic heterocycles. The van der Waals surface area contributed by atoms with Crippen LogP contribution in [0.4, 0.5) is 4.79 Å². The van der Waals surface area contributed by atoms with Crippen LogP contribution in [-0.2, 0) is 9.59 Å². The second-order valence-electron chi connectivity index (χ2n) is 4.69. The highest BCUT2D eigenvalue weighted by Gasteiger charge is 2.15. The van der Waals surface area contributed by atoms with E-state index in [-0.39, 0.29) is 17.2 Å². The Labute approximate surface area is 134 Å². The first-order valence-electron chi connectivity index (χ1n) is 6.92. The largest absolute Gasteiger partial charge is 0.423 e. The number of amides is 1. The van der Waals surface area contributed by atoms with Crippen molar-refractivity contribution in [1.29, 1.82) is 0 Å². The second kappa shape index (κ2) is 8.74. The lowest BCUT2D eigenvalue weighted by atomic mass is 10.3. The van der Waals surface area contributed by atoms with Crippen molar-refractivity contribution in [3.05, 3.63) is 18.2 Å². The maximum atomic E-state index is 11.9. The summed E-state index contributed by atoms with van der Waals surface area (Å²) in [5.74, 6) is -0.923. The van der Waals surface area contributed by atoms with Gasteiger partial charge in [-0.1, -0.05) is 0 Å². The summed E-state index contributed by atoms with van der Waals surface area (Å²) in [5, 5.41) is 2.92. The van der Waals surface area contributed by atoms with Gasteiger partial charge in [-0.2, -0.15) is 0 Å². The molecular weight excluding hydrogens is 304 g/mol. The number of hydrogen-bond donors (Lipinski definition) is 1. The van der Waals surface area contributed by atoms with Gasteiger partial charge in [-0.3, -0.25) is 9.59 Å². The number of nitrogens with zero attached hydrogens (tertiary/aromatic N) is 1. The highest BCUT2D eigenvalue weighted by molar-refractivity contribution is 5.75. The average molecular weight is 324 g/mol. The Bertz CT molecular complexity index is 587. The van der Waals surface area contributed by atoms with E-state index in [0.29, 0.717) is 13.1 Å². The Morgan fingerprint density at radius 1 is 1.04 bits per heavy atom. The molecule has 0 bridgehead atoms. The summed E-state index contributed by atoms with van der Waals surface area (Å²) in [6.07, 6.45) is -0.561. The predicted molar refractivity (Wildman–Crippen MR) is 81.6 cm³/mol. The molecule has 0 aromatic heterocycles. The van der Waals surface area contributed by atoms with Crippen LogP contribution in [0.2, 0.25) is 0 Å². The smallest absolute Gasteiger partial charge is 0.415 e. The molecule has 1 aromatic rings. The van der Waals surface area contributed by atoms with Gasteiger partial charge >= 0.3 is 18.0 Å². The zero-order valence-electron chi connectivity index (χ0n) is 13.5. The minimum Gasteiger partial charge on any atom is -0.423 e. The van der Waals surface area contributed by atoms with Crippen molar-refractivity contribution in [2.45, 2.75) is 13.8 Å². The van der Waals surface area contributed by atoms with Gasteiger partial charge < -0.3 is 24.4 Å². The molecule has 0 saturated heterocycles. The van der Waals surface area contributed by atoms with Gasteiger partial charge in [-0.05, 0) is 19.2 Å². The normalized spacial score (nSPS) is 9.91. The number of hydrogen-bond acceptors (Lipinski definition) is 7. The van der Waals surface area contributed by atoms with Crippen molar-refractivity contribution < 1.29 is 28.6 Å². The third-order valence-corrected chi connectivity index (χ3v) is 2.64. The van der Waals surface area contributed by atoms with Gasteiger partial charge in [0.1, 0.15) is 5.75 Å². The SMILES string of the molecule is CNCCN(C)C(=O)Oc1ccc(OC(C)=O)c(OC(C)=O)c1. The molecular formula is C15H20N2O6. The van der Waals surface area contributed by atoms with Crippen LogP contribution in [0.15, 0.2) is 18.2 Å². The lowest BCUT2D eigenvalue weighted by molar-refractivity contribution is -0.134. The molecule has 0 fully saturated rings. The van der Waals surface area contributed by atoms with Crippen LogP contribution in [0, 0.1) is 0 Å². The van der Waals surface area contributed by atoms with Crippen LogP contribution >= 0.6 is 0 Å². The van der Waals surface area contributed by atoms with Crippen LogP contribution < -0.4 is 19.5 Å². The molecule has 1 amide bonds. The molecule has 0 spiro atoms. The van der Waals surface area contributed by atoms with E-state index in [2.05, 4.69) is 5.32 Å². The molecule has 1 aromatic carbocycles. The second-order valence-corrected chi connectivity index (χ2v) is 4.69. The summed E-state index contributed by atoms with van der Waals surface area (Å²) < 4.78 is 15.1. The van der Waals surface area contributed by atoms with E-state index in [0.717, 1.165) is 0 Å². The Kier molecular flexibility index (Phi) is 7.01. The number of esters is 2. The lowest BCUT2D eigenvalue weighted by Crippen LogP contribution is -2.34. The van der Waals surface area contributed by atoms with E-state index in [4.69, 9.17) is 14.2 Å². The number of benzene rings is 1. The van der Waals surface area contributed by atoms with E-state index in [1.165, 1.54) is 36.9 Å². The molecule has 0 radical (unpaired) electrons. The minimum absolute atomic E-state index is 0.00382. The maximum absolute atomic E-state index is 11.9. The van der Waals surface area contributed by atoms with E-state index in [1.807, 2.05) is 0 Å². The first-order chi connectivity index (χ1) is 10.8. The highest BCUT2D eigenvalue weighted by Crippen LogP contribution is 2.32. The number of carbonyl (C=O) groups excluding carboxylic acids is 3. The van der Waals surface area contributed by atoms with Crippen molar-refractivity contribution in [1.82, 2.24) is 10.2 Å². The van der Waals surface area contributed by atoms with E-state index in [1.54, 1.807) is 14.1 Å². The molecule has 8 nitrogen and oxygen atoms in total. The Balaban J connectivity index is 2.89. The molecule has 0 saturated carbocycles. The molecule has 1 rings (SSSR count). The van der Waals surface area contributed by atoms with Crippen molar-refractivity contribution in [3.63, 3.8) is 0 Å². The quantitative estimate of drug-likeness (QED) is 0.620. The molecule has 0 heterocycles. The minimum atomic E-state index is -0.590. The van der Waals surface area contributed by atoms with Crippen LogP contribution in [0.1, 0.15) is 13.8 Å². The standard InChI is InChI=1S/C15H20N2O6/c1-10(18)21-13-6-5-12(9-14(13)22-11(2)19)23-15(20)17(4)8-7-16-3/h5-6,9,16H,7-8H2,1-4H3. The van der Waals surface area contributed by atoms with E-state index in [9.17, 15) is 14.4 Å². The first-order valence-corrected chi connectivity index (χ1v) is 6.92. The summed E-state index contributed by atoms with van der Waals surface area (Å²) in [5.41, 5.74) is 0. The van der Waals surface area contributed by atoms with E-state index < -0.39 is 18.0 Å². The third kappa shape index (κ3) is 6.35. The molecule has 23 heavy (non-hydrogen) atoms. The van der Waals surface area contributed by atoms with Gasteiger partial charge in [-0.25, -0.2) is 4.79 Å². The summed E-state index contributed by atoms with van der Waals surface area (Å²) in [4.78, 5) is 35.5. The monoisotopic (exact) mass is 324 g/mol. The van der Waals surface area contributed by atoms with Crippen molar-refractivity contribution in [2.24, 2.45) is 0 Å². The summed E-state index contributed by atoms with van der Waals surface area (Å²) in [6, 6.07) is 4.13. The molecule has 0 aliphatic carbocycles. The van der Waals surface area contributed by atoms with Gasteiger partial charge in [0.25, 0.3) is 0 Å². The van der Waals surface area contributed by atoms with Gasteiger partial charge in [0, 0.05) is 40.1 Å². The van der Waals surface area contributed by atoms with Crippen molar-refractivity contribution >= 4 is 18.0 Å². The van der Waals surface area contributed by atoms with Crippen molar-refractivity contribution in [2.75, 3.05) is 27.2 Å². The van der Waals surface area contributed by atoms with Crippen LogP contribution in [-0.4, -0.2) is 50.1 Å². The van der Waals surface area contributed by atoms with Crippen molar-refractivity contribution in [3.8, 4) is 17.2 Å². The fourth-order valence-corrected chi connectivity index (χ4v) is 1.58. The molecule has 0 aliphatic rings. The van der Waals surface area contributed by atoms with Gasteiger partial charge in [0.05, 0.1) is 0 Å². The van der Waals surface area contributed by atoms with E-state index >= 15 is 0 Å². The van der Waals surface area contributed by atoms with Gasteiger partial charge in [0.15, 0.2) is 11.5 Å². The number of ether oxygens (including phenoxy) is 3. The lowest BCUT2D eigenvalue weighted by Gasteiger charge is -2.17. The molecule has 8 heteroatoms. The Morgan fingerprint density at radius 2 is 1.65 bits per heavy atom. The molecule has 126 valence electrons. The van der Waals surface area contributed by atoms with Crippen LogP contribution in [0.5, 0.6) is 17.2 Å². The Morgan fingerprint density at radius 3 is 2.22 bits per heavy atom. The molecule has 0 atom stereocenters. The molecule has 1 N–H and O–H groups in total. The van der Waals surface area contributed by atoms with Gasteiger partial charge in [0.2, 0.25) is 0 Å². The summed E-state index contributed by atoms with van der Waals surface area (Å²) in [7, 11) is 3.37. The topological polar surface area (TPSA) is 94.2 Å². The Hall–Kier alpha value is -2.61.